The molecule has 138 valence electrons. The van der Waals surface area contributed by atoms with E-state index >= 15 is 0 Å². The van der Waals surface area contributed by atoms with Gasteiger partial charge in [0, 0.05) is 18.3 Å². The zero-order valence-corrected chi connectivity index (χ0v) is 14.2. The molecular weight excluding hydrogens is 376 g/mol. The van der Waals surface area contributed by atoms with Gasteiger partial charge in [0.15, 0.2) is 0 Å². The zero-order chi connectivity index (χ0) is 19.5. The van der Waals surface area contributed by atoms with E-state index in [1.165, 1.54) is 31.3 Å². The molecule has 0 aliphatic carbocycles. The third-order valence-corrected chi connectivity index (χ3v) is 3.68. The van der Waals surface area contributed by atoms with Gasteiger partial charge in [0.1, 0.15) is 5.82 Å². The second kappa shape index (κ2) is 7.74. The zero-order valence-electron chi connectivity index (χ0n) is 13.4. The van der Waals surface area contributed by atoms with Crippen molar-refractivity contribution in [1.29, 1.82) is 0 Å². The Morgan fingerprint density at radius 2 is 1.85 bits per heavy atom. The van der Waals surface area contributed by atoms with Gasteiger partial charge in [-0.15, -0.1) is 0 Å². The highest BCUT2D eigenvalue weighted by Crippen LogP contribution is 2.36. The molecule has 0 spiro atoms. The van der Waals surface area contributed by atoms with Crippen molar-refractivity contribution in [3.8, 4) is 0 Å². The van der Waals surface area contributed by atoms with Gasteiger partial charge < -0.3 is 10.2 Å². The van der Waals surface area contributed by atoms with Gasteiger partial charge in [0.05, 0.1) is 17.1 Å². The summed E-state index contributed by atoms with van der Waals surface area (Å²) in [7, 11) is 1.32. The number of nitrogens with one attached hydrogen (secondary N) is 1. The molecule has 2 aromatic carbocycles. The molecule has 0 unspecified atom stereocenters. The summed E-state index contributed by atoms with van der Waals surface area (Å²) in [5.41, 5.74) is -1.15. The third kappa shape index (κ3) is 4.95. The minimum absolute atomic E-state index is 0.0474. The molecule has 0 fully saturated rings. The van der Waals surface area contributed by atoms with E-state index in [2.05, 4.69) is 5.32 Å². The molecular formula is C17H13ClF4N2O2. The van der Waals surface area contributed by atoms with Crippen LogP contribution >= 0.6 is 11.6 Å². The van der Waals surface area contributed by atoms with Crippen LogP contribution in [0.4, 0.5) is 23.2 Å². The molecule has 0 radical (unpaired) electrons. The number of hydrogen-bond acceptors (Lipinski definition) is 2. The third-order valence-electron chi connectivity index (χ3n) is 3.35. The monoisotopic (exact) mass is 388 g/mol. The van der Waals surface area contributed by atoms with Crippen LogP contribution in [-0.4, -0.2) is 30.3 Å². The van der Waals surface area contributed by atoms with Crippen LogP contribution in [0, 0.1) is 5.82 Å². The predicted molar refractivity (Wildman–Crippen MR) is 88.4 cm³/mol. The van der Waals surface area contributed by atoms with E-state index in [1.807, 2.05) is 0 Å². The summed E-state index contributed by atoms with van der Waals surface area (Å²) in [6, 6.07) is 7.85. The van der Waals surface area contributed by atoms with Crippen molar-refractivity contribution in [2.24, 2.45) is 0 Å². The van der Waals surface area contributed by atoms with Crippen LogP contribution in [0.5, 0.6) is 0 Å². The molecule has 0 heterocycles. The topological polar surface area (TPSA) is 49.4 Å². The van der Waals surface area contributed by atoms with Crippen LogP contribution < -0.4 is 5.32 Å². The lowest BCUT2D eigenvalue weighted by atomic mass is 10.2. The number of halogens is 5. The smallest absolute Gasteiger partial charge is 0.332 e. The molecule has 26 heavy (non-hydrogen) atoms. The van der Waals surface area contributed by atoms with Crippen LogP contribution in [0.25, 0.3) is 0 Å². The van der Waals surface area contributed by atoms with Crippen LogP contribution in [0.15, 0.2) is 42.5 Å². The van der Waals surface area contributed by atoms with E-state index in [4.69, 9.17) is 11.6 Å². The molecule has 1 N–H and O–H groups in total. The van der Waals surface area contributed by atoms with Gasteiger partial charge in [0.25, 0.3) is 5.91 Å². The Balaban J connectivity index is 2.05. The Hall–Kier alpha value is -2.61. The van der Waals surface area contributed by atoms with Crippen molar-refractivity contribution < 1.29 is 27.2 Å². The number of benzene rings is 2. The van der Waals surface area contributed by atoms with E-state index in [0.717, 1.165) is 17.0 Å². The number of hydrogen-bond donors (Lipinski definition) is 1. The molecule has 2 aromatic rings. The van der Waals surface area contributed by atoms with Gasteiger partial charge in [-0.25, -0.2) is 4.39 Å². The summed E-state index contributed by atoms with van der Waals surface area (Å²) in [5, 5.41) is 1.77. The fourth-order valence-electron chi connectivity index (χ4n) is 2.15. The average Bonchev–Trinajstić information content (AvgIpc) is 2.54. The molecule has 0 aliphatic rings. The van der Waals surface area contributed by atoms with E-state index in [0.29, 0.717) is 6.07 Å². The molecule has 0 bridgehead atoms. The van der Waals surface area contributed by atoms with Crippen molar-refractivity contribution in [1.82, 2.24) is 4.90 Å². The Morgan fingerprint density at radius 1 is 1.15 bits per heavy atom. The Morgan fingerprint density at radius 3 is 2.46 bits per heavy atom. The van der Waals surface area contributed by atoms with Gasteiger partial charge in [-0.05, 0) is 36.4 Å². The van der Waals surface area contributed by atoms with Crippen LogP contribution in [0.1, 0.15) is 15.9 Å². The highest BCUT2D eigenvalue weighted by atomic mass is 35.5. The standard InChI is InChI=1S/C17H13ClF4N2O2/c1-24(16(26)10-3-2-4-11(19)7-10)9-15(25)23-12-5-6-14(18)13(8-12)17(20,21)22/h2-8H,9H2,1H3,(H,23,25). The van der Waals surface area contributed by atoms with Crippen molar-refractivity contribution in [2.75, 3.05) is 18.9 Å². The first-order valence-corrected chi connectivity index (χ1v) is 7.63. The van der Waals surface area contributed by atoms with Gasteiger partial charge in [-0.3, -0.25) is 9.59 Å². The summed E-state index contributed by atoms with van der Waals surface area (Å²) < 4.78 is 51.6. The number of alkyl halides is 3. The largest absolute Gasteiger partial charge is 0.417 e. The SMILES string of the molecule is CN(CC(=O)Nc1ccc(Cl)c(C(F)(F)F)c1)C(=O)c1cccc(F)c1. The summed E-state index contributed by atoms with van der Waals surface area (Å²) in [4.78, 5) is 25.1. The predicted octanol–water partition coefficient (Wildman–Crippen LogP) is 4.21. The molecule has 9 heteroatoms. The fourth-order valence-corrected chi connectivity index (χ4v) is 2.37. The first kappa shape index (κ1) is 19.7. The van der Waals surface area contributed by atoms with E-state index in [1.54, 1.807) is 0 Å². The second-order valence-electron chi connectivity index (χ2n) is 5.41. The van der Waals surface area contributed by atoms with Gasteiger partial charge in [0.2, 0.25) is 5.91 Å². The maximum absolute atomic E-state index is 13.2. The number of carbonyl (C=O) groups excluding carboxylic acids is 2. The van der Waals surface area contributed by atoms with Gasteiger partial charge in [-0.1, -0.05) is 17.7 Å². The van der Waals surface area contributed by atoms with Gasteiger partial charge >= 0.3 is 6.18 Å². The van der Waals surface area contributed by atoms with Crippen LogP contribution in [0.2, 0.25) is 5.02 Å². The number of carbonyl (C=O) groups is 2. The minimum Gasteiger partial charge on any atom is -0.332 e. The average molecular weight is 389 g/mol. The van der Waals surface area contributed by atoms with Crippen molar-refractivity contribution >= 4 is 29.1 Å². The Kier molecular flexibility index (Phi) is 5.86. The summed E-state index contributed by atoms with van der Waals surface area (Å²) in [6.45, 7) is -0.431. The number of amides is 2. The number of rotatable bonds is 4. The highest BCUT2D eigenvalue weighted by molar-refractivity contribution is 6.31. The van der Waals surface area contributed by atoms with E-state index in [9.17, 15) is 27.2 Å². The van der Waals surface area contributed by atoms with Crippen molar-refractivity contribution in [3.05, 3.63) is 64.4 Å². The van der Waals surface area contributed by atoms with Crippen molar-refractivity contribution in [3.63, 3.8) is 0 Å². The lowest BCUT2D eigenvalue weighted by Crippen LogP contribution is -2.35. The van der Waals surface area contributed by atoms with E-state index in [-0.39, 0.29) is 11.3 Å². The van der Waals surface area contributed by atoms with Crippen LogP contribution in [-0.2, 0) is 11.0 Å². The van der Waals surface area contributed by atoms with Crippen molar-refractivity contribution in [2.45, 2.75) is 6.18 Å². The summed E-state index contributed by atoms with van der Waals surface area (Å²) in [5.74, 6) is -1.92. The molecule has 2 amide bonds. The summed E-state index contributed by atoms with van der Waals surface area (Å²) in [6.07, 6.45) is -4.66. The molecule has 0 aliphatic heterocycles. The first-order valence-electron chi connectivity index (χ1n) is 7.25. The molecule has 0 saturated heterocycles. The molecule has 2 rings (SSSR count). The molecule has 0 aromatic heterocycles. The number of likely N-dealkylation sites (N-methyl/N-ethyl adjacent to an activating group) is 1. The summed E-state index contributed by atoms with van der Waals surface area (Å²) >= 11 is 5.51. The normalized spacial score (nSPS) is 11.2. The Bertz CT molecular complexity index is 840. The maximum atomic E-state index is 13.2. The lowest BCUT2D eigenvalue weighted by molar-refractivity contribution is -0.137. The number of anilines is 1. The van der Waals surface area contributed by atoms with Crippen LogP contribution in [0.3, 0.4) is 0 Å². The van der Waals surface area contributed by atoms with Gasteiger partial charge in [-0.2, -0.15) is 13.2 Å². The lowest BCUT2D eigenvalue weighted by Gasteiger charge is -2.17. The molecule has 0 atom stereocenters. The minimum atomic E-state index is -4.66. The second-order valence-corrected chi connectivity index (χ2v) is 5.82. The fraction of sp³-hybridized carbons (Fsp3) is 0.176. The first-order chi connectivity index (χ1) is 12.1. The number of nitrogens with zero attached hydrogens (tertiary/aromatic N) is 1. The maximum Gasteiger partial charge on any atom is 0.417 e. The quantitative estimate of drug-likeness (QED) is 0.798. The molecule has 4 nitrogen and oxygen atoms in total. The Labute approximate surface area is 151 Å². The van der Waals surface area contributed by atoms with E-state index < -0.39 is 40.9 Å². The molecule has 0 saturated carbocycles. The highest BCUT2D eigenvalue weighted by Gasteiger charge is 2.33.